The lowest BCUT2D eigenvalue weighted by Crippen LogP contribution is -1.93. The van der Waals surface area contributed by atoms with Crippen LogP contribution in [0.4, 0.5) is 0 Å². The van der Waals surface area contributed by atoms with E-state index in [1.807, 2.05) is 23.7 Å². The molecule has 0 amide bonds. The maximum atomic E-state index is 9.00. The summed E-state index contributed by atoms with van der Waals surface area (Å²) in [5, 5.41) is 9.00. The van der Waals surface area contributed by atoms with Crippen molar-refractivity contribution in [1.29, 1.82) is 5.26 Å². The molecule has 0 aliphatic rings. The van der Waals surface area contributed by atoms with E-state index in [4.69, 9.17) is 5.26 Å². The SMILES string of the molecule is Cc1ccc(-c2nc3ccc(C#N)cc3n2C)cc1C. The molecule has 0 spiro atoms. The average Bonchev–Trinajstić information content (AvgIpc) is 2.79. The molecule has 0 saturated carbocycles. The Morgan fingerprint density at radius 1 is 1.05 bits per heavy atom. The zero-order valence-electron chi connectivity index (χ0n) is 11.8. The molecular formula is C17H15N3. The molecule has 3 aromatic rings. The van der Waals surface area contributed by atoms with Crippen molar-refractivity contribution >= 4 is 11.0 Å². The molecule has 0 aliphatic carbocycles. The van der Waals surface area contributed by atoms with Gasteiger partial charge in [-0.05, 0) is 49.2 Å². The van der Waals surface area contributed by atoms with Crippen LogP contribution in [0.2, 0.25) is 0 Å². The van der Waals surface area contributed by atoms with Gasteiger partial charge in [0, 0.05) is 12.6 Å². The monoisotopic (exact) mass is 261 g/mol. The molecule has 3 rings (SSSR count). The zero-order valence-corrected chi connectivity index (χ0v) is 11.8. The number of imidazole rings is 1. The molecule has 0 fully saturated rings. The smallest absolute Gasteiger partial charge is 0.140 e. The van der Waals surface area contributed by atoms with E-state index in [9.17, 15) is 0 Å². The van der Waals surface area contributed by atoms with Crippen molar-refractivity contribution in [2.24, 2.45) is 7.05 Å². The van der Waals surface area contributed by atoms with Gasteiger partial charge in [0.05, 0.1) is 22.7 Å². The minimum Gasteiger partial charge on any atom is -0.327 e. The summed E-state index contributed by atoms with van der Waals surface area (Å²) in [6, 6.07) is 14.1. The van der Waals surface area contributed by atoms with Crippen molar-refractivity contribution in [1.82, 2.24) is 9.55 Å². The van der Waals surface area contributed by atoms with Gasteiger partial charge in [-0.2, -0.15) is 5.26 Å². The van der Waals surface area contributed by atoms with Crippen LogP contribution in [0.15, 0.2) is 36.4 Å². The summed E-state index contributed by atoms with van der Waals surface area (Å²) >= 11 is 0. The van der Waals surface area contributed by atoms with Gasteiger partial charge in [0.2, 0.25) is 0 Å². The van der Waals surface area contributed by atoms with E-state index in [1.54, 1.807) is 6.07 Å². The number of benzene rings is 2. The molecule has 0 radical (unpaired) electrons. The normalized spacial score (nSPS) is 10.7. The number of rotatable bonds is 1. The standard InChI is InChI=1S/C17H15N3/c1-11-4-6-14(8-12(11)2)17-19-15-7-5-13(10-18)9-16(15)20(17)3/h4-9H,1-3H3. The largest absolute Gasteiger partial charge is 0.327 e. The lowest BCUT2D eigenvalue weighted by atomic mass is 10.1. The van der Waals surface area contributed by atoms with Gasteiger partial charge in [0.15, 0.2) is 0 Å². The maximum Gasteiger partial charge on any atom is 0.140 e. The Labute approximate surface area is 118 Å². The van der Waals surface area contributed by atoms with E-state index in [2.05, 4.69) is 43.1 Å². The fraction of sp³-hybridized carbons (Fsp3) is 0.176. The molecule has 3 heteroatoms. The molecule has 2 aromatic carbocycles. The molecule has 20 heavy (non-hydrogen) atoms. The third-order valence-electron chi connectivity index (χ3n) is 3.78. The van der Waals surface area contributed by atoms with Gasteiger partial charge in [-0.1, -0.05) is 12.1 Å². The number of aryl methyl sites for hydroxylation is 3. The molecule has 0 atom stereocenters. The van der Waals surface area contributed by atoms with Crippen LogP contribution in [0.3, 0.4) is 0 Å². The molecule has 3 nitrogen and oxygen atoms in total. The summed E-state index contributed by atoms with van der Waals surface area (Å²) in [5.41, 5.74) is 6.20. The van der Waals surface area contributed by atoms with Gasteiger partial charge in [0.1, 0.15) is 5.82 Å². The first-order valence-electron chi connectivity index (χ1n) is 6.54. The highest BCUT2D eigenvalue weighted by Gasteiger charge is 2.10. The van der Waals surface area contributed by atoms with Crippen molar-refractivity contribution in [3.8, 4) is 17.5 Å². The second kappa shape index (κ2) is 4.50. The Morgan fingerprint density at radius 2 is 1.85 bits per heavy atom. The summed E-state index contributed by atoms with van der Waals surface area (Å²) in [6.07, 6.45) is 0. The van der Waals surface area contributed by atoms with Crippen LogP contribution in [0.1, 0.15) is 16.7 Å². The summed E-state index contributed by atoms with van der Waals surface area (Å²) in [7, 11) is 1.99. The molecule has 98 valence electrons. The van der Waals surface area contributed by atoms with Crippen LogP contribution in [0.5, 0.6) is 0 Å². The van der Waals surface area contributed by atoms with E-state index in [0.29, 0.717) is 5.56 Å². The second-order valence-corrected chi connectivity index (χ2v) is 5.11. The number of fused-ring (bicyclic) bond motifs is 1. The first-order valence-corrected chi connectivity index (χ1v) is 6.54. The van der Waals surface area contributed by atoms with Crippen LogP contribution in [0.25, 0.3) is 22.4 Å². The van der Waals surface area contributed by atoms with Gasteiger partial charge in [-0.25, -0.2) is 4.98 Å². The van der Waals surface area contributed by atoms with Gasteiger partial charge in [0.25, 0.3) is 0 Å². The fourth-order valence-corrected chi connectivity index (χ4v) is 2.40. The van der Waals surface area contributed by atoms with Gasteiger partial charge < -0.3 is 4.57 Å². The minimum atomic E-state index is 0.659. The molecule has 1 heterocycles. The third kappa shape index (κ3) is 1.86. The van der Waals surface area contributed by atoms with E-state index in [1.165, 1.54) is 11.1 Å². The lowest BCUT2D eigenvalue weighted by molar-refractivity contribution is 0.958. The highest BCUT2D eigenvalue weighted by atomic mass is 15.1. The van der Waals surface area contributed by atoms with E-state index in [-0.39, 0.29) is 0 Å². The van der Waals surface area contributed by atoms with Crippen molar-refractivity contribution < 1.29 is 0 Å². The number of aromatic nitrogens is 2. The summed E-state index contributed by atoms with van der Waals surface area (Å²) in [4.78, 5) is 4.68. The Kier molecular flexibility index (Phi) is 2.80. The summed E-state index contributed by atoms with van der Waals surface area (Å²) < 4.78 is 2.04. The van der Waals surface area contributed by atoms with Gasteiger partial charge in [-0.15, -0.1) is 0 Å². The molecule has 0 aliphatic heterocycles. The van der Waals surface area contributed by atoms with Gasteiger partial charge >= 0.3 is 0 Å². The predicted molar refractivity (Wildman–Crippen MR) is 80.3 cm³/mol. The van der Waals surface area contributed by atoms with Crippen molar-refractivity contribution in [3.05, 3.63) is 53.1 Å². The molecule has 0 saturated heterocycles. The number of hydrogen-bond acceptors (Lipinski definition) is 2. The Morgan fingerprint density at radius 3 is 2.55 bits per heavy atom. The topological polar surface area (TPSA) is 41.6 Å². The van der Waals surface area contributed by atoms with Gasteiger partial charge in [-0.3, -0.25) is 0 Å². The van der Waals surface area contributed by atoms with E-state index < -0.39 is 0 Å². The van der Waals surface area contributed by atoms with E-state index >= 15 is 0 Å². The van der Waals surface area contributed by atoms with Crippen LogP contribution < -0.4 is 0 Å². The third-order valence-corrected chi connectivity index (χ3v) is 3.78. The first-order chi connectivity index (χ1) is 9.60. The predicted octanol–water partition coefficient (Wildman–Crippen LogP) is 3.73. The molecule has 0 bridgehead atoms. The minimum absolute atomic E-state index is 0.659. The Balaban J connectivity index is 2.24. The second-order valence-electron chi connectivity index (χ2n) is 5.11. The number of hydrogen-bond donors (Lipinski definition) is 0. The Bertz CT molecular complexity index is 851. The number of nitrogens with zero attached hydrogens (tertiary/aromatic N) is 3. The highest BCUT2D eigenvalue weighted by molar-refractivity contribution is 5.82. The summed E-state index contributed by atoms with van der Waals surface area (Å²) in [6.45, 7) is 4.21. The Hall–Kier alpha value is -2.60. The molecule has 0 unspecified atom stereocenters. The van der Waals surface area contributed by atoms with Crippen molar-refractivity contribution in [3.63, 3.8) is 0 Å². The quantitative estimate of drug-likeness (QED) is 0.669. The van der Waals surface area contributed by atoms with Crippen LogP contribution in [-0.4, -0.2) is 9.55 Å². The summed E-state index contributed by atoms with van der Waals surface area (Å²) in [5.74, 6) is 0.929. The number of nitriles is 1. The van der Waals surface area contributed by atoms with Crippen LogP contribution >= 0.6 is 0 Å². The van der Waals surface area contributed by atoms with E-state index in [0.717, 1.165) is 22.4 Å². The highest BCUT2D eigenvalue weighted by Crippen LogP contribution is 2.25. The maximum absolute atomic E-state index is 9.00. The molecule has 1 aromatic heterocycles. The molecular weight excluding hydrogens is 246 g/mol. The zero-order chi connectivity index (χ0) is 14.3. The van der Waals surface area contributed by atoms with Crippen molar-refractivity contribution in [2.45, 2.75) is 13.8 Å². The lowest BCUT2D eigenvalue weighted by Gasteiger charge is -2.05. The average molecular weight is 261 g/mol. The van der Waals surface area contributed by atoms with Crippen LogP contribution in [-0.2, 0) is 7.05 Å². The fourth-order valence-electron chi connectivity index (χ4n) is 2.40. The van der Waals surface area contributed by atoms with Crippen LogP contribution in [0, 0.1) is 25.2 Å². The van der Waals surface area contributed by atoms with Crippen molar-refractivity contribution in [2.75, 3.05) is 0 Å². The molecule has 0 N–H and O–H groups in total. The first kappa shape index (κ1) is 12.4.